The van der Waals surface area contributed by atoms with E-state index in [2.05, 4.69) is 22.1 Å². The maximum Gasteiger partial charge on any atom is 0.243 e. The number of hydrogen-bond donors (Lipinski definition) is 1. The molecular formula is C19H24N4O4S3. The van der Waals surface area contributed by atoms with Crippen LogP contribution in [0.25, 0.3) is 0 Å². The summed E-state index contributed by atoms with van der Waals surface area (Å²) >= 11 is 2.80. The SMILES string of the molecule is C=CCSc1nnc(NC(=O)CCc2cc(S(=O)(=O)N3CCCC3)ccc2OC)s1. The van der Waals surface area contributed by atoms with Gasteiger partial charge < -0.3 is 10.1 Å². The fraction of sp³-hybridized carbons (Fsp3) is 0.421. The molecule has 1 fully saturated rings. The minimum Gasteiger partial charge on any atom is -0.496 e. The van der Waals surface area contributed by atoms with Crippen LogP contribution in [-0.2, 0) is 21.2 Å². The number of aryl methyl sites for hydroxylation is 1. The molecule has 0 unspecified atom stereocenters. The van der Waals surface area contributed by atoms with Crippen molar-refractivity contribution in [3.63, 3.8) is 0 Å². The van der Waals surface area contributed by atoms with Gasteiger partial charge in [0.15, 0.2) is 4.34 Å². The molecule has 162 valence electrons. The summed E-state index contributed by atoms with van der Waals surface area (Å²) in [7, 11) is -2.00. The molecule has 1 aliphatic heterocycles. The maximum atomic E-state index is 12.8. The van der Waals surface area contributed by atoms with Crippen molar-refractivity contribution in [2.24, 2.45) is 0 Å². The van der Waals surface area contributed by atoms with Crippen molar-refractivity contribution in [2.75, 3.05) is 31.3 Å². The van der Waals surface area contributed by atoms with Gasteiger partial charge in [-0.15, -0.1) is 16.8 Å². The second-order valence-corrected chi connectivity index (χ2v) is 10.8. The van der Waals surface area contributed by atoms with E-state index in [4.69, 9.17) is 4.74 Å². The van der Waals surface area contributed by atoms with Crippen LogP contribution in [-0.4, -0.2) is 54.8 Å². The molecule has 2 heterocycles. The Bertz CT molecular complexity index is 1000. The van der Waals surface area contributed by atoms with Crippen LogP contribution in [0.1, 0.15) is 24.8 Å². The molecule has 0 saturated carbocycles. The average molecular weight is 469 g/mol. The summed E-state index contributed by atoms with van der Waals surface area (Å²) in [6.45, 7) is 4.74. The van der Waals surface area contributed by atoms with E-state index in [1.807, 2.05) is 0 Å². The first kappa shape index (κ1) is 22.7. The Labute approximate surface area is 184 Å². The summed E-state index contributed by atoms with van der Waals surface area (Å²) < 4.78 is 33.3. The largest absolute Gasteiger partial charge is 0.496 e. The molecule has 1 amide bonds. The van der Waals surface area contributed by atoms with Gasteiger partial charge in [0.05, 0.1) is 12.0 Å². The molecule has 0 atom stereocenters. The maximum absolute atomic E-state index is 12.8. The Balaban J connectivity index is 1.65. The summed E-state index contributed by atoms with van der Waals surface area (Å²) in [4.78, 5) is 12.6. The van der Waals surface area contributed by atoms with Crippen LogP contribution in [0, 0.1) is 0 Å². The Kier molecular flexibility index (Phi) is 7.87. The quantitative estimate of drug-likeness (QED) is 0.325. The number of hydrogen-bond acceptors (Lipinski definition) is 8. The number of anilines is 1. The summed E-state index contributed by atoms with van der Waals surface area (Å²) in [5, 5.41) is 11.1. The van der Waals surface area contributed by atoms with Gasteiger partial charge in [-0.05, 0) is 43.0 Å². The molecule has 0 radical (unpaired) electrons. The number of methoxy groups -OCH3 is 1. The summed E-state index contributed by atoms with van der Waals surface area (Å²) in [6, 6.07) is 4.80. The van der Waals surface area contributed by atoms with E-state index < -0.39 is 10.0 Å². The number of rotatable bonds is 10. The van der Waals surface area contributed by atoms with Gasteiger partial charge in [-0.3, -0.25) is 4.79 Å². The fourth-order valence-corrected chi connectivity index (χ4v) is 6.16. The first-order chi connectivity index (χ1) is 14.4. The number of aromatic nitrogens is 2. The number of benzene rings is 1. The Morgan fingerprint density at radius 3 is 2.83 bits per heavy atom. The number of sulfonamides is 1. The minimum atomic E-state index is -3.53. The van der Waals surface area contributed by atoms with Crippen molar-refractivity contribution < 1.29 is 17.9 Å². The van der Waals surface area contributed by atoms with Crippen molar-refractivity contribution >= 4 is 44.2 Å². The number of nitrogens with zero attached hydrogens (tertiary/aromatic N) is 3. The highest BCUT2D eigenvalue weighted by atomic mass is 32.2. The van der Waals surface area contributed by atoms with Crippen molar-refractivity contribution in [1.82, 2.24) is 14.5 Å². The van der Waals surface area contributed by atoms with E-state index >= 15 is 0 Å². The van der Waals surface area contributed by atoms with Crippen LogP contribution in [0.15, 0.2) is 40.1 Å². The fourth-order valence-electron chi connectivity index (χ4n) is 3.07. The zero-order valence-corrected chi connectivity index (χ0v) is 19.1. The third-order valence-corrected chi connectivity index (χ3v) is 8.42. The van der Waals surface area contributed by atoms with E-state index in [1.54, 1.807) is 24.3 Å². The van der Waals surface area contributed by atoms with Crippen molar-refractivity contribution in [2.45, 2.75) is 34.9 Å². The molecule has 11 heteroatoms. The van der Waals surface area contributed by atoms with E-state index in [0.717, 1.165) is 22.9 Å². The lowest BCUT2D eigenvalue weighted by molar-refractivity contribution is -0.116. The first-order valence-electron chi connectivity index (χ1n) is 9.48. The van der Waals surface area contributed by atoms with Crippen molar-refractivity contribution in [3.05, 3.63) is 36.4 Å². The molecule has 1 N–H and O–H groups in total. The van der Waals surface area contributed by atoms with E-state index in [9.17, 15) is 13.2 Å². The zero-order valence-electron chi connectivity index (χ0n) is 16.7. The third-order valence-electron chi connectivity index (χ3n) is 4.55. The second-order valence-electron chi connectivity index (χ2n) is 6.61. The molecule has 8 nitrogen and oxygen atoms in total. The highest BCUT2D eigenvalue weighted by Crippen LogP contribution is 2.28. The van der Waals surface area contributed by atoms with Crippen LogP contribution in [0.2, 0.25) is 0 Å². The molecule has 0 bridgehead atoms. The van der Waals surface area contributed by atoms with Crippen LogP contribution in [0.3, 0.4) is 0 Å². The van der Waals surface area contributed by atoms with Gasteiger partial charge >= 0.3 is 0 Å². The van der Waals surface area contributed by atoms with E-state index in [1.165, 1.54) is 34.5 Å². The molecule has 3 rings (SSSR count). The summed E-state index contributed by atoms with van der Waals surface area (Å²) in [6.07, 6.45) is 4.03. The normalized spacial score (nSPS) is 14.6. The molecule has 1 saturated heterocycles. The van der Waals surface area contributed by atoms with Gasteiger partial charge in [-0.2, -0.15) is 4.31 Å². The van der Waals surface area contributed by atoms with E-state index in [0.29, 0.717) is 36.0 Å². The van der Waals surface area contributed by atoms with Gasteiger partial charge in [-0.25, -0.2) is 8.42 Å². The standard InChI is InChI=1S/C19H24N4O4S3/c1-3-12-28-19-22-21-18(29-19)20-17(24)9-6-14-13-15(7-8-16(14)27-2)30(25,26)23-10-4-5-11-23/h3,7-8,13H,1,4-6,9-12H2,2H3,(H,20,21,24). The Morgan fingerprint density at radius 1 is 1.37 bits per heavy atom. The molecule has 1 aromatic carbocycles. The summed E-state index contributed by atoms with van der Waals surface area (Å²) in [5.41, 5.74) is 0.674. The summed E-state index contributed by atoms with van der Waals surface area (Å²) in [5.74, 6) is 1.06. The number of ether oxygens (including phenoxy) is 1. The lowest BCUT2D eigenvalue weighted by atomic mass is 10.1. The minimum absolute atomic E-state index is 0.165. The second kappa shape index (κ2) is 10.4. The van der Waals surface area contributed by atoms with E-state index in [-0.39, 0.29) is 17.2 Å². The zero-order chi connectivity index (χ0) is 21.6. The smallest absolute Gasteiger partial charge is 0.243 e. The molecule has 30 heavy (non-hydrogen) atoms. The molecule has 0 aliphatic carbocycles. The predicted octanol–water partition coefficient (Wildman–Crippen LogP) is 3.18. The predicted molar refractivity (Wildman–Crippen MR) is 119 cm³/mol. The van der Waals surface area contributed by atoms with Gasteiger partial charge in [0.25, 0.3) is 0 Å². The van der Waals surface area contributed by atoms with Gasteiger partial charge in [0.2, 0.25) is 21.1 Å². The highest BCUT2D eigenvalue weighted by Gasteiger charge is 2.27. The Morgan fingerprint density at radius 2 is 2.13 bits per heavy atom. The third kappa shape index (κ3) is 5.60. The Hall–Kier alpha value is -1.95. The number of carbonyl (C=O) groups excluding carboxylic acids is 1. The molecule has 1 aliphatic rings. The van der Waals surface area contributed by atoms with Crippen molar-refractivity contribution in [1.29, 1.82) is 0 Å². The molecular weight excluding hydrogens is 444 g/mol. The molecule has 0 spiro atoms. The molecule has 2 aromatic rings. The molecule has 1 aromatic heterocycles. The number of thioether (sulfide) groups is 1. The van der Waals surface area contributed by atoms with Gasteiger partial charge in [0.1, 0.15) is 5.75 Å². The number of carbonyl (C=O) groups is 1. The topological polar surface area (TPSA) is 101 Å². The van der Waals surface area contributed by atoms with Crippen molar-refractivity contribution in [3.8, 4) is 5.75 Å². The first-order valence-corrected chi connectivity index (χ1v) is 12.7. The average Bonchev–Trinajstić information content (AvgIpc) is 3.43. The van der Waals surface area contributed by atoms with Gasteiger partial charge in [-0.1, -0.05) is 29.2 Å². The lowest BCUT2D eigenvalue weighted by Gasteiger charge is -2.17. The van der Waals surface area contributed by atoms with Crippen LogP contribution in [0.4, 0.5) is 5.13 Å². The van der Waals surface area contributed by atoms with Crippen LogP contribution < -0.4 is 10.1 Å². The van der Waals surface area contributed by atoms with Crippen LogP contribution in [0.5, 0.6) is 5.75 Å². The van der Waals surface area contributed by atoms with Gasteiger partial charge in [0, 0.05) is 25.3 Å². The number of nitrogens with one attached hydrogen (secondary N) is 1. The monoisotopic (exact) mass is 468 g/mol. The highest BCUT2D eigenvalue weighted by molar-refractivity contribution is 8.01. The number of amides is 1. The van der Waals surface area contributed by atoms with Crippen LogP contribution >= 0.6 is 23.1 Å². The lowest BCUT2D eigenvalue weighted by Crippen LogP contribution is -2.28.